The van der Waals surface area contributed by atoms with Crippen molar-refractivity contribution in [1.82, 2.24) is 9.97 Å². The summed E-state index contributed by atoms with van der Waals surface area (Å²) in [7, 11) is 0. The predicted octanol–water partition coefficient (Wildman–Crippen LogP) is 3.86. The predicted molar refractivity (Wildman–Crippen MR) is 126 cm³/mol. The second-order valence-electron chi connectivity index (χ2n) is 7.20. The normalized spacial score (nSPS) is 16.0. The number of benzene rings is 3. The number of imidazole rings is 1. The monoisotopic (exact) mass is 508 g/mol. The zero-order valence-corrected chi connectivity index (χ0v) is 17.9. The number of benzodiazepines with no additional fused rings is 1. The van der Waals surface area contributed by atoms with E-state index < -0.39 is 6.04 Å². The number of H-pyrrole nitrogens is 2. The number of aromatic nitrogens is 2. The molecule has 2 heterocycles. The van der Waals surface area contributed by atoms with E-state index in [1.54, 1.807) is 0 Å². The van der Waals surface area contributed by atoms with Crippen LogP contribution in [0.25, 0.3) is 11.0 Å². The summed E-state index contributed by atoms with van der Waals surface area (Å²) in [6, 6.07) is 20.9. The Bertz CT molecular complexity index is 1350. The number of carbonyl (C=O) groups is 1. The first-order chi connectivity index (χ1) is 14.6. The largest absolute Gasteiger partial charge is 0.324 e. The topological polar surface area (TPSA) is 90.1 Å². The van der Waals surface area contributed by atoms with Crippen molar-refractivity contribution in [1.29, 1.82) is 0 Å². The van der Waals surface area contributed by atoms with Crippen molar-refractivity contribution in [2.24, 2.45) is 4.99 Å². The Morgan fingerprint density at radius 1 is 0.900 bits per heavy atom. The molecule has 1 aromatic heterocycles. The molecule has 148 valence electrons. The van der Waals surface area contributed by atoms with E-state index in [9.17, 15) is 9.59 Å². The number of fused-ring (bicyclic) bond motifs is 2. The highest BCUT2D eigenvalue weighted by Crippen LogP contribution is 2.28. The van der Waals surface area contributed by atoms with Crippen LogP contribution in [0.5, 0.6) is 0 Å². The smallest absolute Gasteiger partial charge is 0.323 e. The number of nitrogens with one attached hydrogen (secondary N) is 3. The first kappa shape index (κ1) is 18.8. The van der Waals surface area contributed by atoms with Crippen molar-refractivity contribution < 1.29 is 4.79 Å². The van der Waals surface area contributed by atoms with Crippen LogP contribution in [-0.4, -0.2) is 27.6 Å². The molecule has 0 spiro atoms. The number of rotatable bonds is 3. The van der Waals surface area contributed by atoms with Gasteiger partial charge in [0.2, 0.25) is 5.91 Å². The lowest BCUT2D eigenvalue weighted by Crippen LogP contribution is -2.27. The Morgan fingerprint density at radius 3 is 2.53 bits per heavy atom. The van der Waals surface area contributed by atoms with Gasteiger partial charge < -0.3 is 15.3 Å². The molecular formula is C23H17IN4O2. The van der Waals surface area contributed by atoms with Crippen molar-refractivity contribution in [3.63, 3.8) is 0 Å². The average Bonchev–Trinajstić information content (AvgIpc) is 3.06. The van der Waals surface area contributed by atoms with Gasteiger partial charge in [-0.3, -0.25) is 9.79 Å². The number of halogens is 1. The number of carbonyl (C=O) groups excluding carboxylic acids is 1. The Balaban J connectivity index is 1.67. The summed E-state index contributed by atoms with van der Waals surface area (Å²) in [6.07, 6.45) is 0.504. The van der Waals surface area contributed by atoms with Crippen LogP contribution in [0.3, 0.4) is 0 Å². The van der Waals surface area contributed by atoms with E-state index in [4.69, 9.17) is 4.99 Å². The van der Waals surface area contributed by atoms with Crippen molar-refractivity contribution in [3.05, 3.63) is 97.5 Å². The molecule has 1 unspecified atom stereocenters. The number of aromatic amines is 2. The van der Waals surface area contributed by atoms with Crippen LogP contribution in [-0.2, 0) is 11.2 Å². The third-order valence-corrected chi connectivity index (χ3v) is 5.81. The lowest BCUT2D eigenvalue weighted by Gasteiger charge is -2.11. The molecule has 5 rings (SSSR count). The summed E-state index contributed by atoms with van der Waals surface area (Å²) < 4.78 is 1.05. The van der Waals surface area contributed by atoms with Crippen LogP contribution >= 0.6 is 22.6 Å². The minimum absolute atomic E-state index is 0.132. The molecule has 1 amide bonds. The van der Waals surface area contributed by atoms with Gasteiger partial charge in [-0.2, -0.15) is 0 Å². The number of hydrogen-bond donors (Lipinski definition) is 3. The van der Waals surface area contributed by atoms with E-state index in [1.807, 2.05) is 66.7 Å². The molecule has 1 aliphatic heterocycles. The highest BCUT2D eigenvalue weighted by atomic mass is 127. The third kappa shape index (κ3) is 3.56. The average molecular weight is 508 g/mol. The Labute approximate surface area is 185 Å². The quantitative estimate of drug-likeness (QED) is 0.367. The number of amides is 1. The Kier molecular flexibility index (Phi) is 4.74. The molecule has 1 aliphatic rings. The maximum absolute atomic E-state index is 13.0. The van der Waals surface area contributed by atoms with Gasteiger partial charge in [-0.15, -0.1) is 0 Å². The number of hydrogen-bond acceptors (Lipinski definition) is 3. The molecule has 0 bridgehead atoms. The fourth-order valence-corrected chi connectivity index (χ4v) is 4.20. The van der Waals surface area contributed by atoms with Crippen molar-refractivity contribution in [2.75, 3.05) is 5.32 Å². The number of nitrogens with zero attached hydrogens (tertiary/aromatic N) is 1. The van der Waals surface area contributed by atoms with Gasteiger partial charge in [-0.1, -0.05) is 36.4 Å². The highest BCUT2D eigenvalue weighted by molar-refractivity contribution is 14.1. The number of anilines is 1. The highest BCUT2D eigenvalue weighted by Gasteiger charge is 2.26. The van der Waals surface area contributed by atoms with Gasteiger partial charge in [0.25, 0.3) is 0 Å². The van der Waals surface area contributed by atoms with E-state index in [0.29, 0.717) is 11.9 Å². The Hall–Kier alpha value is -3.20. The number of aliphatic imine (C=N–C) groups is 1. The molecule has 7 heteroatoms. The third-order valence-electron chi connectivity index (χ3n) is 5.14. The van der Waals surface area contributed by atoms with E-state index in [1.165, 1.54) is 0 Å². The molecule has 1 atom stereocenters. The first-order valence-electron chi connectivity index (χ1n) is 9.52. The second kappa shape index (κ2) is 7.56. The van der Waals surface area contributed by atoms with E-state index >= 15 is 0 Å². The molecule has 3 N–H and O–H groups in total. The zero-order chi connectivity index (χ0) is 20.7. The summed E-state index contributed by atoms with van der Waals surface area (Å²) in [4.78, 5) is 35.1. The summed E-state index contributed by atoms with van der Waals surface area (Å²) in [5.41, 5.74) is 5.40. The summed E-state index contributed by atoms with van der Waals surface area (Å²) in [6.45, 7) is 0. The molecule has 3 aromatic carbocycles. The molecule has 0 radical (unpaired) electrons. The summed E-state index contributed by atoms with van der Waals surface area (Å²) >= 11 is 2.25. The lowest BCUT2D eigenvalue weighted by atomic mass is 10.00. The maximum Gasteiger partial charge on any atom is 0.323 e. The van der Waals surface area contributed by atoms with Crippen LogP contribution in [0.2, 0.25) is 0 Å². The Morgan fingerprint density at radius 2 is 1.70 bits per heavy atom. The maximum atomic E-state index is 13.0. The molecule has 0 aliphatic carbocycles. The van der Waals surface area contributed by atoms with Crippen LogP contribution in [0, 0.1) is 3.57 Å². The van der Waals surface area contributed by atoms with E-state index in [2.05, 4.69) is 37.9 Å². The minimum atomic E-state index is -0.562. The van der Waals surface area contributed by atoms with Crippen molar-refractivity contribution in [2.45, 2.75) is 12.5 Å². The molecule has 0 fully saturated rings. The van der Waals surface area contributed by atoms with E-state index in [-0.39, 0.29) is 11.6 Å². The van der Waals surface area contributed by atoms with Gasteiger partial charge in [0, 0.05) is 21.1 Å². The molecule has 30 heavy (non-hydrogen) atoms. The van der Waals surface area contributed by atoms with Crippen LogP contribution in [0.4, 0.5) is 5.69 Å². The van der Waals surface area contributed by atoms with Gasteiger partial charge in [0.15, 0.2) is 0 Å². The second-order valence-corrected chi connectivity index (χ2v) is 8.45. The molecule has 0 saturated heterocycles. The molecule has 4 aromatic rings. The lowest BCUT2D eigenvalue weighted by molar-refractivity contribution is -0.117. The SMILES string of the molecule is O=C1Nc2ccc(I)cc2C(c2ccc3[nH]c(=O)[nH]c3c2)=NC1Cc1ccccc1. The molecule has 0 saturated carbocycles. The zero-order valence-electron chi connectivity index (χ0n) is 15.8. The minimum Gasteiger partial charge on any atom is -0.324 e. The van der Waals surface area contributed by atoms with Crippen LogP contribution in [0.1, 0.15) is 16.7 Å². The van der Waals surface area contributed by atoms with Gasteiger partial charge >= 0.3 is 5.69 Å². The van der Waals surface area contributed by atoms with Gasteiger partial charge in [-0.25, -0.2) is 4.79 Å². The molecular weight excluding hydrogens is 491 g/mol. The van der Waals surface area contributed by atoms with Gasteiger partial charge in [0.1, 0.15) is 6.04 Å². The molecule has 6 nitrogen and oxygen atoms in total. The summed E-state index contributed by atoms with van der Waals surface area (Å²) in [5.74, 6) is -0.132. The standard InChI is InChI=1S/C23H17IN4O2/c24-15-7-9-17-16(12-15)21(14-6-8-18-19(11-14)28-23(30)27-18)25-20(22(29)26-17)10-13-4-2-1-3-5-13/h1-9,11-12,20H,10H2,(H,26,29)(H2,27,28,30). The van der Waals surface area contributed by atoms with Crippen LogP contribution in [0.15, 0.2) is 76.5 Å². The van der Waals surface area contributed by atoms with E-state index in [0.717, 1.165) is 37.2 Å². The van der Waals surface area contributed by atoms with Gasteiger partial charge in [-0.05, 0) is 58.5 Å². The van der Waals surface area contributed by atoms with Crippen LogP contribution < -0.4 is 11.0 Å². The van der Waals surface area contributed by atoms with Crippen molar-refractivity contribution in [3.8, 4) is 0 Å². The fourth-order valence-electron chi connectivity index (χ4n) is 3.71. The van der Waals surface area contributed by atoms with Crippen molar-refractivity contribution >= 4 is 50.9 Å². The fraction of sp³-hybridized carbons (Fsp3) is 0.0870. The van der Waals surface area contributed by atoms with Gasteiger partial charge in [0.05, 0.1) is 22.4 Å². The first-order valence-corrected chi connectivity index (χ1v) is 10.6. The summed E-state index contributed by atoms with van der Waals surface area (Å²) in [5, 5.41) is 3.04.